The Balaban J connectivity index is 1.54. The van der Waals surface area contributed by atoms with Gasteiger partial charge < -0.3 is 15.3 Å². The molecule has 4 heterocycles. The number of likely N-dealkylation sites (N-methyl/N-ethyl adjacent to an activating group) is 1. The number of benzene rings is 1. The van der Waals surface area contributed by atoms with E-state index in [4.69, 9.17) is 0 Å². The van der Waals surface area contributed by atoms with Crippen LogP contribution in [0.25, 0.3) is 33.1 Å². The van der Waals surface area contributed by atoms with Crippen molar-refractivity contribution in [3.05, 3.63) is 42.4 Å². The Bertz CT molecular complexity index is 1230. The van der Waals surface area contributed by atoms with Gasteiger partial charge in [-0.05, 0) is 38.6 Å². The monoisotopic (exact) mass is 388 g/mol. The molecule has 0 bridgehead atoms. The van der Waals surface area contributed by atoms with Crippen LogP contribution in [0.4, 0.5) is 5.69 Å². The van der Waals surface area contributed by atoms with Gasteiger partial charge in [0.15, 0.2) is 0 Å². The predicted molar refractivity (Wildman–Crippen MR) is 115 cm³/mol. The molecule has 1 aromatic carbocycles. The van der Waals surface area contributed by atoms with Gasteiger partial charge in [0.1, 0.15) is 5.75 Å². The first kappa shape index (κ1) is 17.9. The molecule has 1 aliphatic heterocycles. The highest BCUT2D eigenvalue weighted by atomic mass is 16.3. The number of fused-ring (bicyclic) bond motifs is 2. The number of phenols is 1. The Morgan fingerprint density at radius 3 is 2.79 bits per heavy atom. The largest absolute Gasteiger partial charge is 0.507 e. The van der Waals surface area contributed by atoms with Crippen LogP contribution in [0, 0.1) is 6.92 Å². The fourth-order valence-corrected chi connectivity index (χ4v) is 4.20. The fraction of sp³-hybridized carbons (Fsp3) is 0.318. The summed E-state index contributed by atoms with van der Waals surface area (Å²) in [6.07, 6.45) is 6.86. The summed E-state index contributed by atoms with van der Waals surface area (Å²) in [6, 6.07) is 6.55. The van der Waals surface area contributed by atoms with Crippen molar-refractivity contribution < 1.29 is 5.11 Å². The average molecular weight is 388 g/mol. The summed E-state index contributed by atoms with van der Waals surface area (Å²) >= 11 is 0. The molecule has 7 heteroatoms. The molecule has 2 N–H and O–H groups in total. The van der Waals surface area contributed by atoms with Gasteiger partial charge in [-0.25, -0.2) is 0 Å². The highest BCUT2D eigenvalue weighted by Crippen LogP contribution is 2.36. The number of nitrogens with one attached hydrogen (secondary N) is 1. The smallest absolute Gasteiger partial charge is 0.130 e. The minimum absolute atomic E-state index is 0.217. The van der Waals surface area contributed by atoms with Crippen molar-refractivity contribution >= 4 is 27.5 Å². The predicted octanol–water partition coefficient (Wildman–Crippen LogP) is 3.00. The molecular formula is C22H24N6O. The molecule has 148 valence electrons. The maximum atomic E-state index is 10.7. The van der Waals surface area contributed by atoms with Gasteiger partial charge in [0.25, 0.3) is 0 Å². The maximum Gasteiger partial charge on any atom is 0.130 e. The zero-order valence-electron chi connectivity index (χ0n) is 16.8. The second-order valence-corrected chi connectivity index (χ2v) is 7.81. The van der Waals surface area contributed by atoms with Crippen LogP contribution < -0.4 is 10.2 Å². The zero-order chi connectivity index (χ0) is 20.1. The van der Waals surface area contributed by atoms with Crippen LogP contribution in [0.2, 0.25) is 0 Å². The molecule has 4 aromatic rings. The van der Waals surface area contributed by atoms with E-state index < -0.39 is 0 Å². The van der Waals surface area contributed by atoms with Crippen molar-refractivity contribution in [1.82, 2.24) is 25.1 Å². The van der Waals surface area contributed by atoms with E-state index in [2.05, 4.69) is 31.3 Å². The number of hydrogen-bond donors (Lipinski definition) is 2. The van der Waals surface area contributed by atoms with E-state index in [9.17, 15) is 5.11 Å². The Hall–Kier alpha value is -3.19. The number of rotatable bonds is 3. The van der Waals surface area contributed by atoms with Gasteiger partial charge >= 0.3 is 0 Å². The van der Waals surface area contributed by atoms with Crippen molar-refractivity contribution in [3.8, 4) is 17.0 Å². The molecular weight excluding hydrogens is 364 g/mol. The van der Waals surface area contributed by atoms with Gasteiger partial charge in [-0.2, -0.15) is 5.10 Å². The number of anilines is 1. The Morgan fingerprint density at radius 2 is 2.00 bits per heavy atom. The summed E-state index contributed by atoms with van der Waals surface area (Å²) < 4.78 is 1.76. The molecule has 5 rings (SSSR count). The Morgan fingerprint density at radius 1 is 1.14 bits per heavy atom. The first-order valence-electron chi connectivity index (χ1n) is 9.88. The number of nitrogens with zero attached hydrogens (tertiary/aromatic N) is 5. The average Bonchev–Trinajstić information content (AvgIpc) is 3.36. The van der Waals surface area contributed by atoms with Crippen LogP contribution >= 0.6 is 0 Å². The Kier molecular flexibility index (Phi) is 4.13. The minimum atomic E-state index is 0.217. The first-order valence-corrected chi connectivity index (χ1v) is 9.88. The van der Waals surface area contributed by atoms with Crippen molar-refractivity contribution in [2.45, 2.75) is 19.4 Å². The number of phenolic OH excluding ortho intramolecular Hbond substituents is 1. The van der Waals surface area contributed by atoms with Crippen molar-refractivity contribution in [3.63, 3.8) is 0 Å². The molecule has 1 unspecified atom stereocenters. The second-order valence-electron chi connectivity index (χ2n) is 7.81. The molecule has 0 spiro atoms. The lowest BCUT2D eigenvalue weighted by Gasteiger charge is -2.18. The Labute approximate surface area is 169 Å². The summed E-state index contributed by atoms with van der Waals surface area (Å²) in [5, 5.41) is 20.5. The topological polar surface area (TPSA) is 79.1 Å². The van der Waals surface area contributed by atoms with Crippen LogP contribution in [-0.2, 0) is 7.05 Å². The third-order valence-corrected chi connectivity index (χ3v) is 5.91. The highest BCUT2D eigenvalue weighted by Gasteiger charge is 2.22. The third kappa shape index (κ3) is 2.98. The van der Waals surface area contributed by atoms with E-state index >= 15 is 0 Å². The standard InChI is InChI=1S/C22H24N6O/c1-13-21-15(11-27(3)26-21)7-18(22(13)29)20-8-19-14(9-24-20)6-17(10-25-19)28-5-4-16(12-28)23-2/h6-11,16,23,29H,4-5,12H2,1-3H3. The molecule has 1 fully saturated rings. The number of aromatic nitrogens is 4. The fourth-order valence-electron chi connectivity index (χ4n) is 4.20. The van der Waals surface area contributed by atoms with Gasteiger partial charge in [-0.3, -0.25) is 14.6 Å². The summed E-state index contributed by atoms with van der Waals surface area (Å²) in [5.74, 6) is 0.217. The summed E-state index contributed by atoms with van der Waals surface area (Å²) in [4.78, 5) is 11.7. The summed E-state index contributed by atoms with van der Waals surface area (Å²) in [6.45, 7) is 3.91. The van der Waals surface area contributed by atoms with Crippen molar-refractivity contribution in [2.24, 2.45) is 7.05 Å². The van der Waals surface area contributed by atoms with E-state index in [-0.39, 0.29) is 5.75 Å². The lowest BCUT2D eigenvalue weighted by molar-refractivity contribution is 0.474. The number of hydrogen-bond acceptors (Lipinski definition) is 6. The van der Waals surface area contributed by atoms with E-state index in [0.29, 0.717) is 17.3 Å². The molecule has 3 aromatic heterocycles. The molecule has 0 aliphatic carbocycles. The van der Waals surface area contributed by atoms with Crippen LogP contribution in [-0.4, -0.2) is 51.0 Å². The van der Waals surface area contributed by atoms with E-state index in [0.717, 1.165) is 52.6 Å². The second kappa shape index (κ2) is 6.70. The molecule has 1 atom stereocenters. The maximum absolute atomic E-state index is 10.7. The van der Waals surface area contributed by atoms with E-state index in [1.54, 1.807) is 4.68 Å². The molecule has 7 nitrogen and oxygen atoms in total. The van der Waals surface area contributed by atoms with E-state index in [1.807, 2.05) is 51.7 Å². The molecule has 29 heavy (non-hydrogen) atoms. The molecule has 0 amide bonds. The van der Waals surface area contributed by atoms with Crippen LogP contribution in [0.3, 0.4) is 0 Å². The molecule has 0 radical (unpaired) electrons. The van der Waals surface area contributed by atoms with Gasteiger partial charge in [0.2, 0.25) is 0 Å². The lowest BCUT2D eigenvalue weighted by atomic mass is 10.0. The van der Waals surface area contributed by atoms with Gasteiger partial charge in [-0.15, -0.1) is 0 Å². The zero-order valence-corrected chi connectivity index (χ0v) is 16.8. The minimum Gasteiger partial charge on any atom is -0.507 e. The number of aromatic hydroxyl groups is 1. The molecule has 0 saturated carbocycles. The number of pyridine rings is 2. The van der Waals surface area contributed by atoms with Crippen LogP contribution in [0.1, 0.15) is 12.0 Å². The SMILES string of the molecule is CNC1CCN(c2cnc3cc(-c4cc5cn(C)nc5c(C)c4O)ncc3c2)C1. The number of aryl methyl sites for hydroxylation is 2. The van der Waals surface area contributed by atoms with Crippen LogP contribution in [0.15, 0.2) is 36.8 Å². The third-order valence-electron chi connectivity index (χ3n) is 5.91. The van der Waals surface area contributed by atoms with Crippen molar-refractivity contribution in [2.75, 3.05) is 25.0 Å². The summed E-state index contributed by atoms with van der Waals surface area (Å²) in [5.41, 5.74) is 4.97. The van der Waals surface area contributed by atoms with Crippen molar-refractivity contribution in [1.29, 1.82) is 0 Å². The molecule has 1 saturated heterocycles. The lowest BCUT2D eigenvalue weighted by Crippen LogP contribution is -2.29. The van der Waals surface area contributed by atoms with E-state index in [1.165, 1.54) is 0 Å². The van der Waals surface area contributed by atoms with Crippen LogP contribution in [0.5, 0.6) is 5.75 Å². The van der Waals surface area contributed by atoms with Gasteiger partial charge in [0, 0.05) is 60.5 Å². The first-order chi connectivity index (χ1) is 14.0. The quantitative estimate of drug-likeness (QED) is 0.562. The summed E-state index contributed by atoms with van der Waals surface area (Å²) in [7, 11) is 3.89. The van der Waals surface area contributed by atoms with Gasteiger partial charge in [-0.1, -0.05) is 0 Å². The van der Waals surface area contributed by atoms with Gasteiger partial charge in [0.05, 0.1) is 28.6 Å². The highest BCUT2D eigenvalue weighted by molar-refractivity contribution is 5.92. The normalized spacial score (nSPS) is 16.9. The molecule has 1 aliphatic rings.